The second kappa shape index (κ2) is 12.4. The van der Waals surface area contributed by atoms with Crippen molar-refractivity contribution >= 4 is 50.7 Å². The maximum absolute atomic E-state index is 13.9. The lowest BCUT2D eigenvalue weighted by Crippen LogP contribution is -2.51. The Morgan fingerprint density at radius 1 is 0.946 bits per heavy atom. The van der Waals surface area contributed by atoms with Gasteiger partial charge in [0.15, 0.2) is 0 Å². The Morgan fingerprint density at radius 2 is 1.62 bits per heavy atom. The lowest BCUT2D eigenvalue weighted by molar-refractivity contribution is -0.140. The number of carbonyl (C=O) groups excluding carboxylic acids is 2. The largest absolute Gasteiger partial charge is 0.357 e. The molecule has 0 bridgehead atoms. The number of nitrogens with one attached hydrogen (secondary N) is 1. The molecule has 0 saturated heterocycles. The molecule has 2 amide bonds. The summed E-state index contributed by atoms with van der Waals surface area (Å²) in [6.07, 6.45) is 0.346. The van der Waals surface area contributed by atoms with Gasteiger partial charge in [-0.15, -0.1) is 0 Å². The molecule has 3 rings (SSSR count). The minimum absolute atomic E-state index is 0.0338. The second-order valence-corrected chi connectivity index (χ2v) is 11.2. The summed E-state index contributed by atoms with van der Waals surface area (Å²) in [5.41, 5.74) is 2.03. The van der Waals surface area contributed by atoms with Crippen LogP contribution in [0.1, 0.15) is 24.5 Å². The average Bonchev–Trinajstić information content (AvgIpc) is 2.88. The predicted octanol–water partition coefficient (Wildman–Crippen LogP) is 5.05. The van der Waals surface area contributed by atoms with Crippen molar-refractivity contribution in [1.29, 1.82) is 0 Å². The van der Waals surface area contributed by atoms with E-state index >= 15 is 0 Å². The average molecular weight is 563 g/mol. The molecule has 0 aromatic heterocycles. The van der Waals surface area contributed by atoms with E-state index in [0.29, 0.717) is 16.5 Å². The van der Waals surface area contributed by atoms with E-state index in [-0.39, 0.29) is 23.0 Å². The molecule has 3 aromatic rings. The quantitative estimate of drug-likeness (QED) is 0.375. The highest BCUT2D eigenvalue weighted by Gasteiger charge is 2.33. The van der Waals surface area contributed by atoms with Crippen LogP contribution in [0.15, 0.2) is 77.7 Å². The van der Waals surface area contributed by atoms with Gasteiger partial charge in [-0.3, -0.25) is 13.9 Å². The number of benzene rings is 3. The summed E-state index contributed by atoms with van der Waals surface area (Å²) >= 11 is 12.1. The fourth-order valence-corrected chi connectivity index (χ4v) is 5.67. The van der Waals surface area contributed by atoms with Gasteiger partial charge in [-0.25, -0.2) is 8.42 Å². The van der Waals surface area contributed by atoms with Gasteiger partial charge in [-0.2, -0.15) is 0 Å². The molecule has 7 nitrogen and oxygen atoms in total. The number of hydrogen-bond acceptors (Lipinski definition) is 4. The molecule has 0 fully saturated rings. The van der Waals surface area contributed by atoms with Crippen LogP contribution in [-0.2, 0) is 26.2 Å². The maximum Gasteiger partial charge on any atom is 0.264 e. The Hall–Kier alpha value is -3.07. The first-order valence-electron chi connectivity index (χ1n) is 11.7. The third-order valence-electron chi connectivity index (χ3n) is 6.01. The molecule has 1 N–H and O–H groups in total. The highest BCUT2D eigenvalue weighted by Crippen LogP contribution is 2.28. The van der Waals surface area contributed by atoms with Crippen molar-refractivity contribution in [1.82, 2.24) is 10.2 Å². The van der Waals surface area contributed by atoms with Gasteiger partial charge in [0.2, 0.25) is 11.8 Å². The molecule has 0 saturated carbocycles. The van der Waals surface area contributed by atoms with Crippen LogP contribution >= 0.6 is 23.2 Å². The number of nitrogens with zero attached hydrogens (tertiary/aromatic N) is 2. The van der Waals surface area contributed by atoms with Gasteiger partial charge in [-0.05, 0) is 66.9 Å². The Labute approximate surface area is 228 Å². The summed E-state index contributed by atoms with van der Waals surface area (Å²) in [7, 11) is -2.68. The minimum atomic E-state index is -4.19. The van der Waals surface area contributed by atoms with Crippen molar-refractivity contribution in [2.75, 3.05) is 17.9 Å². The zero-order chi connectivity index (χ0) is 27.2. The van der Waals surface area contributed by atoms with Crippen LogP contribution in [0, 0.1) is 6.92 Å². The van der Waals surface area contributed by atoms with Gasteiger partial charge in [-0.1, -0.05) is 60.5 Å². The Balaban J connectivity index is 2.07. The number of halogens is 2. The molecule has 37 heavy (non-hydrogen) atoms. The molecular weight excluding hydrogens is 533 g/mol. The molecule has 0 heterocycles. The number of amides is 2. The normalized spacial score (nSPS) is 12.0. The van der Waals surface area contributed by atoms with E-state index in [1.54, 1.807) is 25.1 Å². The van der Waals surface area contributed by atoms with E-state index in [4.69, 9.17) is 23.2 Å². The Kier molecular flexibility index (Phi) is 9.59. The third-order valence-corrected chi connectivity index (χ3v) is 8.29. The number of aryl methyl sites for hydroxylation is 1. The van der Waals surface area contributed by atoms with Gasteiger partial charge in [0.05, 0.1) is 10.6 Å². The van der Waals surface area contributed by atoms with Gasteiger partial charge in [0.1, 0.15) is 12.6 Å². The Morgan fingerprint density at radius 3 is 2.22 bits per heavy atom. The van der Waals surface area contributed by atoms with Crippen molar-refractivity contribution in [3.63, 3.8) is 0 Å². The van der Waals surface area contributed by atoms with E-state index in [2.05, 4.69) is 5.32 Å². The molecule has 0 aliphatic rings. The van der Waals surface area contributed by atoms with Crippen LogP contribution in [0.3, 0.4) is 0 Å². The number of rotatable bonds is 10. The second-order valence-electron chi connectivity index (χ2n) is 8.43. The standard InChI is InChI=1S/C27H29Cl2N3O4S/c1-4-25(27(34)30-3)31(17-20-9-6-5-8-19(20)2)26(33)18-32(23-11-7-10-22(29)16-23)37(35,36)24-14-12-21(28)13-15-24/h5-16,25H,4,17-18H2,1-3H3,(H,30,34)/t25-/m0/s1. The topological polar surface area (TPSA) is 86.8 Å². The predicted molar refractivity (Wildman–Crippen MR) is 147 cm³/mol. The van der Waals surface area contributed by atoms with Crippen LogP contribution in [0.4, 0.5) is 5.69 Å². The van der Waals surface area contributed by atoms with E-state index in [1.165, 1.54) is 42.3 Å². The van der Waals surface area contributed by atoms with Gasteiger partial charge in [0.25, 0.3) is 10.0 Å². The zero-order valence-corrected chi connectivity index (χ0v) is 23.1. The highest BCUT2D eigenvalue weighted by atomic mass is 35.5. The molecular formula is C27H29Cl2N3O4S. The van der Waals surface area contributed by atoms with Crippen molar-refractivity contribution in [3.05, 3.63) is 94.0 Å². The van der Waals surface area contributed by atoms with E-state index < -0.39 is 28.5 Å². The van der Waals surface area contributed by atoms with Crippen LogP contribution < -0.4 is 9.62 Å². The summed E-state index contributed by atoms with van der Waals surface area (Å²) in [5.74, 6) is -0.865. The number of sulfonamides is 1. The Bertz CT molecular complexity index is 1360. The summed E-state index contributed by atoms with van der Waals surface area (Å²) in [5, 5.41) is 3.31. The number of carbonyl (C=O) groups is 2. The first kappa shape index (κ1) is 28.5. The van der Waals surface area contributed by atoms with E-state index in [9.17, 15) is 18.0 Å². The maximum atomic E-state index is 13.9. The fourth-order valence-electron chi connectivity index (χ4n) is 3.95. The zero-order valence-electron chi connectivity index (χ0n) is 20.8. The molecule has 0 spiro atoms. The SMILES string of the molecule is CC[C@@H](C(=O)NC)N(Cc1ccccc1C)C(=O)CN(c1cccc(Cl)c1)S(=O)(=O)c1ccc(Cl)cc1. The van der Waals surface area contributed by atoms with Crippen LogP contribution in [0.2, 0.25) is 10.0 Å². The van der Waals surface area contributed by atoms with Crippen LogP contribution in [0.25, 0.3) is 0 Å². The van der Waals surface area contributed by atoms with E-state index in [1.807, 2.05) is 31.2 Å². The molecule has 1 atom stereocenters. The first-order chi connectivity index (χ1) is 17.6. The molecule has 0 unspecified atom stereocenters. The highest BCUT2D eigenvalue weighted by molar-refractivity contribution is 7.92. The minimum Gasteiger partial charge on any atom is -0.357 e. The van der Waals surface area contributed by atoms with Crippen molar-refractivity contribution in [3.8, 4) is 0 Å². The monoisotopic (exact) mass is 561 g/mol. The van der Waals surface area contributed by atoms with E-state index in [0.717, 1.165) is 15.4 Å². The van der Waals surface area contributed by atoms with Crippen molar-refractivity contribution in [2.45, 2.75) is 37.8 Å². The fraction of sp³-hybridized carbons (Fsp3) is 0.259. The lowest BCUT2D eigenvalue weighted by atomic mass is 10.1. The molecule has 0 aliphatic carbocycles. The lowest BCUT2D eigenvalue weighted by Gasteiger charge is -2.33. The molecule has 10 heteroatoms. The summed E-state index contributed by atoms with van der Waals surface area (Å²) < 4.78 is 28.5. The van der Waals surface area contributed by atoms with Crippen molar-refractivity contribution < 1.29 is 18.0 Å². The first-order valence-corrected chi connectivity index (χ1v) is 13.9. The molecule has 0 aliphatic heterocycles. The smallest absolute Gasteiger partial charge is 0.264 e. The summed E-state index contributed by atoms with van der Waals surface area (Å²) in [6, 6.07) is 18.7. The van der Waals surface area contributed by atoms with Gasteiger partial charge in [0, 0.05) is 23.6 Å². The van der Waals surface area contributed by atoms with Gasteiger partial charge >= 0.3 is 0 Å². The third kappa shape index (κ3) is 6.83. The molecule has 0 radical (unpaired) electrons. The summed E-state index contributed by atoms with van der Waals surface area (Å²) in [6.45, 7) is 3.33. The van der Waals surface area contributed by atoms with Crippen LogP contribution in [-0.4, -0.2) is 44.8 Å². The number of likely N-dealkylation sites (N-methyl/N-ethyl adjacent to an activating group) is 1. The van der Waals surface area contributed by atoms with Gasteiger partial charge < -0.3 is 10.2 Å². The van der Waals surface area contributed by atoms with Crippen molar-refractivity contribution in [2.24, 2.45) is 0 Å². The molecule has 3 aromatic carbocycles. The number of anilines is 1. The summed E-state index contributed by atoms with van der Waals surface area (Å²) in [4.78, 5) is 28.0. The molecule has 196 valence electrons. The number of hydrogen-bond donors (Lipinski definition) is 1. The van der Waals surface area contributed by atoms with Crippen LogP contribution in [0.5, 0.6) is 0 Å².